The number of aromatic nitrogens is 1. The van der Waals surface area contributed by atoms with E-state index in [4.69, 9.17) is 16.3 Å². The average molecular weight is 419 g/mol. The number of amides is 1. The van der Waals surface area contributed by atoms with Gasteiger partial charge in [-0.15, -0.1) is 0 Å². The predicted molar refractivity (Wildman–Crippen MR) is 116 cm³/mol. The summed E-state index contributed by atoms with van der Waals surface area (Å²) in [5.41, 5.74) is 3.87. The Labute approximate surface area is 179 Å². The summed E-state index contributed by atoms with van der Waals surface area (Å²) in [4.78, 5) is 31.3. The zero-order valence-corrected chi connectivity index (χ0v) is 17.1. The van der Waals surface area contributed by atoms with E-state index in [2.05, 4.69) is 4.98 Å². The molecule has 1 aliphatic rings. The third-order valence-electron chi connectivity index (χ3n) is 4.86. The van der Waals surface area contributed by atoms with Crippen LogP contribution in [0, 0.1) is 0 Å². The Morgan fingerprint density at radius 1 is 1.13 bits per heavy atom. The monoisotopic (exact) mass is 418 g/mol. The Kier molecular flexibility index (Phi) is 5.63. The zero-order chi connectivity index (χ0) is 21.1. The number of carbonyl (C=O) groups excluding carboxylic acids is 2. The first-order chi connectivity index (χ1) is 14.5. The molecule has 2 aromatic carbocycles. The number of carbonyl (C=O) groups is 2. The number of nitrogens with zero attached hydrogens (tertiary/aromatic N) is 2. The standard InChI is InChI=1S/C24H19ClN2O3/c1-27-22-11-10-20(24(29)30-15-16-6-3-2-4-7-16)26-21(22)14-18(23(27)28)12-17-8-5-9-19(25)13-17/h2-13H,14-15H2,1H3. The number of pyridine rings is 1. The summed E-state index contributed by atoms with van der Waals surface area (Å²) in [5.74, 6) is -0.606. The van der Waals surface area contributed by atoms with Crippen LogP contribution in [-0.2, 0) is 22.6 Å². The number of hydrogen-bond acceptors (Lipinski definition) is 4. The molecule has 0 unspecified atom stereocenters. The first-order valence-corrected chi connectivity index (χ1v) is 9.84. The Hall–Kier alpha value is -3.44. The number of benzene rings is 2. The van der Waals surface area contributed by atoms with E-state index < -0.39 is 5.97 Å². The molecular weight excluding hydrogens is 400 g/mol. The molecule has 5 nitrogen and oxygen atoms in total. The van der Waals surface area contributed by atoms with Gasteiger partial charge in [-0.05, 0) is 41.5 Å². The van der Waals surface area contributed by atoms with Crippen molar-refractivity contribution in [1.29, 1.82) is 0 Å². The van der Waals surface area contributed by atoms with Crippen molar-refractivity contribution in [2.45, 2.75) is 13.0 Å². The van der Waals surface area contributed by atoms with E-state index in [1.165, 1.54) is 0 Å². The number of hydrogen-bond donors (Lipinski definition) is 0. The van der Waals surface area contributed by atoms with E-state index in [9.17, 15) is 9.59 Å². The molecule has 0 saturated heterocycles. The molecule has 0 N–H and O–H groups in total. The number of ether oxygens (including phenoxy) is 1. The van der Waals surface area contributed by atoms with Crippen LogP contribution in [0.2, 0.25) is 5.02 Å². The number of esters is 1. The fourth-order valence-corrected chi connectivity index (χ4v) is 3.53. The normalized spacial score (nSPS) is 14.5. The third-order valence-corrected chi connectivity index (χ3v) is 5.10. The minimum atomic E-state index is -0.499. The minimum absolute atomic E-state index is 0.108. The zero-order valence-electron chi connectivity index (χ0n) is 16.3. The second-order valence-corrected chi connectivity index (χ2v) is 7.43. The van der Waals surface area contributed by atoms with Gasteiger partial charge in [-0.1, -0.05) is 54.1 Å². The summed E-state index contributed by atoms with van der Waals surface area (Å²) in [7, 11) is 1.70. The summed E-state index contributed by atoms with van der Waals surface area (Å²) < 4.78 is 5.38. The smallest absolute Gasteiger partial charge is 0.357 e. The highest BCUT2D eigenvalue weighted by Gasteiger charge is 2.27. The summed E-state index contributed by atoms with van der Waals surface area (Å²) in [5, 5.41) is 0.600. The van der Waals surface area contributed by atoms with Crippen molar-refractivity contribution in [3.05, 3.63) is 99.8 Å². The van der Waals surface area contributed by atoms with Gasteiger partial charge < -0.3 is 9.64 Å². The largest absolute Gasteiger partial charge is 0.456 e. The quantitative estimate of drug-likeness (QED) is 0.455. The maximum atomic E-state index is 12.8. The molecule has 3 aromatic rings. The lowest BCUT2D eigenvalue weighted by Gasteiger charge is -2.27. The lowest BCUT2D eigenvalue weighted by molar-refractivity contribution is -0.115. The van der Waals surface area contributed by atoms with Crippen molar-refractivity contribution < 1.29 is 14.3 Å². The van der Waals surface area contributed by atoms with Crippen molar-refractivity contribution in [1.82, 2.24) is 4.98 Å². The number of fused-ring (bicyclic) bond motifs is 1. The van der Waals surface area contributed by atoms with Gasteiger partial charge in [0, 0.05) is 24.1 Å². The van der Waals surface area contributed by atoms with Crippen LogP contribution >= 0.6 is 11.6 Å². The molecule has 2 heterocycles. The van der Waals surface area contributed by atoms with Gasteiger partial charge in [-0.3, -0.25) is 4.79 Å². The van der Waals surface area contributed by atoms with Gasteiger partial charge in [0.2, 0.25) is 0 Å². The summed E-state index contributed by atoms with van der Waals surface area (Å²) in [6.07, 6.45) is 2.13. The number of anilines is 1. The summed E-state index contributed by atoms with van der Waals surface area (Å²) in [6.45, 7) is 0.177. The van der Waals surface area contributed by atoms with Crippen molar-refractivity contribution in [3.63, 3.8) is 0 Å². The van der Waals surface area contributed by atoms with Crippen LogP contribution in [0.5, 0.6) is 0 Å². The number of likely N-dealkylation sites (N-methyl/N-ethyl adjacent to an activating group) is 1. The molecule has 0 bridgehead atoms. The van der Waals surface area contributed by atoms with E-state index in [0.717, 1.165) is 11.1 Å². The molecule has 1 amide bonds. The highest BCUT2D eigenvalue weighted by molar-refractivity contribution is 6.30. The predicted octanol–water partition coefficient (Wildman–Crippen LogP) is 4.69. The molecular formula is C24H19ClN2O3. The molecule has 0 radical (unpaired) electrons. The van der Waals surface area contributed by atoms with E-state index in [-0.39, 0.29) is 18.2 Å². The van der Waals surface area contributed by atoms with Crippen LogP contribution in [0.4, 0.5) is 5.69 Å². The second kappa shape index (κ2) is 8.51. The van der Waals surface area contributed by atoms with Crippen LogP contribution < -0.4 is 4.90 Å². The van der Waals surface area contributed by atoms with Crippen LogP contribution in [-0.4, -0.2) is 23.9 Å². The van der Waals surface area contributed by atoms with Gasteiger partial charge in [-0.2, -0.15) is 0 Å². The number of rotatable bonds is 4. The van der Waals surface area contributed by atoms with Crippen molar-refractivity contribution in [3.8, 4) is 0 Å². The lowest BCUT2D eigenvalue weighted by Crippen LogP contribution is -2.34. The first kappa shape index (κ1) is 19.9. The first-order valence-electron chi connectivity index (χ1n) is 9.46. The Bertz CT molecular complexity index is 1140. The maximum Gasteiger partial charge on any atom is 0.357 e. The molecule has 0 atom stereocenters. The molecule has 0 aliphatic carbocycles. The fourth-order valence-electron chi connectivity index (χ4n) is 3.33. The SMILES string of the molecule is CN1C(=O)C(=Cc2cccc(Cl)c2)Cc2nc(C(=O)OCc3ccccc3)ccc21. The minimum Gasteiger partial charge on any atom is -0.456 e. The molecule has 0 saturated carbocycles. The van der Waals surface area contributed by atoms with Gasteiger partial charge in [0.05, 0.1) is 11.4 Å². The van der Waals surface area contributed by atoms with E-state index in [1.54, 1.807) is 42.3 Å². The van der Waals surface area contributed by atoms with Gasteiger partial charge >= 0.3 is 5.97 Å². The third kappa shape index (κ3) is 4.26. The molecule has 0 spiro atoms. The summed E-state index contributed by atoms with van der Waals surface area (Å²) in [6, 6.07) is 20.1. The van der Waals surface area contributed by atoms with Crippen molar-refractivity contribution in [2.24, 2.45) is 0 Å². The maximum absolute atomic E-state index is 12.8. The lowest BCUT2D eigenvalue weighted by atomic mass is 9.99. The van der Waals surface area contributed by atoms with Crippen LogP contribution in [0.15, 0.2) is 72.3 Å². The molecule has 4 rings (SSSR count). The second-order valence-electron chi connectivity index (χ2n) is 6.99. The van der Waals surface area contributed by atoms with Gasteiger partial charge in [-0.25, -0.2) is 9.78 Å². The van der Waals surface area contributed by atoms with E-state index >= 15 is 0 Å². The van der Waals surface area contributed by atoms with Gasteiger partial charge in [0.15, 0.2) is 0 Å². The number of halogens is 1. The van der Waals surface area contributed by atoms with Gasteiger partial charge in [0.25, 0.3) is 5.91 Å². The van der Waals surface area contributed by atoms with Crippen molar-refractivity contribution >= 4 is 35.2 Å². The molecule has 1 aromatic heterocycles. The van der Waals surface area contributed by atoms with Crippen LogP contribution in [0.3, 0.4) is 0 Å². The van der Waals surface area contributed by atoms with Gasteiger partial charge in [0.1, 0.15) is 12.3 Å². The van der Waals surface area contributed by atoms with Crippen LogP contribution in [0.1, 0.15) is 27.3 Å². The molecule has 6 heteroatoms. The van der Waals surface area contributed by atoms with E-state index in [0.29, 0.717) is 28.4 Å². The Morgan fingerprint density at radius 2 is 1.93 bits per heavy atom. The Balaban J connectivity index is 1.57. The highest BCUT2D eigenvalue weighted by atomic mass is 35.5. The molecule has 150 valence electrons. The van der Waals surface area contributed by atoms with E-state index in [1.807, 2.05) is 42.5 Å². The Morgan fingerprint density at radius 3 is 2.70 bits per heavy atom. The van der Waals surface area contributed by atoms with Crippen LogP contribution in [0.25, 0.3) is 6.08 Å². The fraction of sp³-hybridized carbons (Fsp3) is 0.125. The molecule has 0 fully saturated rings. The molecule has 1 aliphatic heterocycles. The topological polar surface area (TPSA) is 59.5 Å². The average Bonchev–Trinajstić information content (AvgIpc) is 2.76. The highest BCUT2D eigenvalue weighted by Crippen LogP contribution is 2.29. The summed E-state index contributed by atoms with van der Waals surface area (Å²) >= 11 is 6.05. The van der Waals surface area contributed by atoms with Crippen molar-refractivity contribution in [2.75, 3.05) is 11.9 Å². The molecule has 30 heavy (non-hydrogen) atoms.